The number of hydrogen-bond acceptors (Lipinski definition) is 5. The summed E-state index contributed by atoms with van der Waals surface area (Å²) in [4.78, 5) is 39.0. The zero-order valence-corrected chi connectivity index (χ0v) is 16.4. The molecule has 2 heterocycles. The van der Waals surface area contributed by atoms with Crippen LogP contribution < -0.4 is 0 Å². The third-order valence-electron chi connectivity index (χ3n) is 4.91. The number of ether oxygens (including phenoxy) is 1. The molecule has 0 N–H and O–H groups in total. The van der Waals surface area contributed by atoms with Crippen LogP contribution in [0.5, 0.6) is 0 Å². The lowest BCUT2D eigenvalue weighted by Gasteiger charge is -2.35. The molecule has 2 amide bonds. The first-order valence-electron chi connectivity index (χ1n) is 9.38. The van der Waals surface area contributed by atoms with Crippen LogP contribution in [0.1, 0.15) is 44.7 Å². The Labute approximate surface area is 163 Å². The van der Waals surface area contributed by atoms with E-state index in [0.717, 1.165) is 5.56 Å². The van der Waals surface area contributed by atoms with Gasteiger partial charge in [-0.1, -0.05) is 12.1 Å². The molecule has 8 nitrogen and oxygen atoms in total. The van der Waals surface area contributed by atoms with Crippen molar-refractivity contribution in [1.82, 2.24) is 9.80 Å². The number of carbonyl (C=O) groups excluding carboxylic acids is 2. The van der Waals surface area contributed by atoms with Gasteiger partial charge in [0.1, 0.15) is 5.60 Å². The van der Waals surface area contributed by atoms with Crippen LogP contribution in [0.4, 0.5) is 10.5 Å². The Kier molecular flexibility index (Phi) is 5.40. The molecule has 1 aromatic carbocycles. The number of nitrogens with zero attached hydrogens (tertiary/aromatic N) is 3. The number of likely N-dealkylation sites (tertiary alicyclic amines) is 1. The summed E-state index contributed by atoms with van der Waals surface area (Å²) in [6, 6.07) is 4.91. The van der Waals surface area contributed by atoms with Crippen molar-refractivity contribution in [1.29, 1.82) is 0 Å². The van der Waals surface area contributed by atoms with Crippen LogP contribution in [-0.2, 0) is 16.1 Å². The van der Waals surface area contributed by atoms with Gasteiger partial charge in [0.05, 0.1) is 17.0 Å². The van der Waals surface area contributed by atoms with Gasteiger partial charge >= 0.3 is 6.09 Å². The van der Waals surface area contributed by atoms with Gasteiger partial charge in [0.25, 0.3) is 5.69 Å². The number of amides is 2. The second-order valence-electron chi connectivity index (χ2n) is 8.13. The largest absolute Gasteiger partial charge is 0.444 e. The SMILES string of the molecule is CC(C)(C)OC(=O)N1CCC(C(=O)N2C=Cc3c(cccc3[N+](=O)[O-])C2)CC1. The van der Waals surface area contributed by atoms with E-state index < -0.39 is 10.5 Å². The predicted molar refractivity (Wildman–Crippen MR) is 103 cm³/mol. The van der Waals surface area contributed by atoms with Crippen LogP contribution in [-0.4, -0.2) is 45.4 Å². The molecule has 0 spiro atoms. The molecule has 2 aliphatic rings. The van der Waals surface area contributed by atoms with Crippen molar-refractivity contribution < 1.29 is 19.2 Å². The lowest BCUT2D eigenvalue weighted by atomic mass is 9.94. The molecule has 2 aliphatic heterocycles. The van der Waals surface area contributed by atoms with Crippen molar-refractivity contribution in [2.45, 2.75) is 45.8 Å². The molecular weight excluding hydrogens is 362 g/mol. The number of piperidine rings is 1. The fourth-order valence-electron chi connectivity index (χ4n) is 3.51. The lowest BCUT2D eigenvalue weighted by Crippen LogP contribution is -2.45. The highest BCUT2D eigenvalue weighted by Gasteiger charge is 2.33. The Hall–Kier alpha value is -2.90. The van der Waals surface area contributed by atoms with Gasteiger partial charge in [0, 0.05) is 31.3 Å². The molecule has 0 atom stereocenters. The molecule has 150 valence electrons. The van der Waals surface area contributed by atoms with Gasteiger partial charge in [0.15, 0.2) is 0 Å². The molecule has 0 bridgehead atoms. The first-order valence-corrected chi connectivity index (χ1v) is 9.38. The normalized spacial score (nSPS) is 17.2. The third kappa shape index (κ3) is 4.32. The van der Waals surface area contributed by atoms with E-state index in [4.69, 9.17) is 4.74 Å². The Morgan fingerprint density at radius 2 is 1.89 bits per heavy atom. The van der Waals surface area contributed by atoms with Crippen LogP contribution >= 0.6 is 0 Å². The van der Waals surface area contributed by atoms with Crippen molar-refractivity contribution in [3.05, 3.63) is 45.6 Å². The smallest absolute Gasteiger partial charge is 0.410 e. The maximum absolute atomic E-state index is 12.9. The van der Waals surface area contributed by atoms with E-state index in [1.165, 1.54) is 6.07 Å². The number of carbonyl (C=O) groups is 2. The minimum Gasteiger partial charge on any atom is -0.444 e. The molecular formula is C20H25N3O5. The number of rotatable bonds is 2. The summed E-state index contributed by atoms with van der Waals surface area (Å²) in [6.45, 7) is 6.75. The minimum absolute atomic E-state index is 0.0164. The van der Waals surface area contributed by atoms with Crippen molar-refractivity contribution in [2.24, 2.45) is 5.92 Å². The van der Waals surface area contributed by atoms with E-state index >= 15 is 0 Å². The van der Waals surface area contributed by atoms with Crippen LogP contribution in [0.15, 0.2) is 24.4 Å². The average molecular weight is 387 g/mol. The lowest BCUT2D eigenvalue weighted by molar-refractivity contribution is -0.385. The first kappa shape index (κ1) is 19.9. The highest BCUT2D eigenvalue weighted by Crippen LogP contribution is 2.30. The number of fused-ring (bicyclic) bond motifs is 1. The van der Waals surface area contributed by atoms with Gasteiger partial charge in [0.2, 0.25) is 5.91 Å². The maximum Gasteiger partial charge on any atom is 0.410 e. The molecule has 1 saturated heterocycles. The third-order valence-corrected chi connectivity index (χ3v) is 4.91. The molecule has 1 aromatic rings. The van der Waals surface area contributed by atoms with E-state index in [9.17, 15) is 19.7 Å². The zero-order chi connectivity index (χ0) is 20.5. The van der Waals surface area contributed by atoms with E-state index in [2.05, 4.69) is 0 Å². The van der Waals surface area contributed by atoms with Gasteiger partial charge in [-0.2, -0.15) is 0 Å². The van der Waals surface area contributed by atoms with Crippen LogP contribution in [0.2, 0.25) is 0 Å². The van der Waals surface area contributed by atoms with Crippen molar-refractivity contribution in [3.63, 3.8) is 0 Å². The first-order chi connectivity index (χ1) is 13.2. The fraction of sp³-hybridized carbons (Fsp3) is 0.500. The predicted octanol–water partition coefficient (Wildman–Crippen LogP) is 3.55. The molecule has 1 fully saturated rings. The zero-order valence-electron chi connectivity index (χ0n) is 16.4. The summed E-state index contributed by atoms with van der Waals surface area (Å²) >= 11 is 0. The number of nitro groups is 1. The molecule has 28 heavy (non-hydrogen) atoms. The average Bonchev–Trinajstić information content (AvgIpc) is 2.65. The topological polar surface area (TPSA) is 93.0 Å². The van der Waals surface area contributed by atoms with Crippen molar-refractivity contribution in [2.75, 3.05) is 13.1 Å². The van der Waals surface area contributed by atoms with Gasteiger partial charge in [-0.05, 0) is 45.3 Å². The second-order valence-corrected chi connectivity index (χ2v) is 8.13. The molecule has 0 aliphatic carbocycles. The molecule has 3 rings (SSSR count). The van der Waals surface area contributed by atoms with Crippen LogP contribution in [0.25, 0.3) is 6.08 Å². The summed E-state index contributed by atoms with van der Waals surface area (Å²) in [7, 11) is 0. The molecule has 0 saturated carbocycles. The number of nitro benzene ring substituents is 1. The van der Waals surface area contributed by atoms with Gasteiger partial charge in [-0.3, -0.25) is 14.9 Å². The molecule has 0 unspecified atom stereocenters. The van der Waals surface area contributed by atoms with Crippen LogP contribution in [0.3, 0.4) is 0 Å². The summed E-state index contributed by atoms with van der Waals surface area (Å²) in [5.41, 5.74) is 0.817. The van der Waals surface area contributed by atoms with Gasteiger partial charge in [-0.25, -0.2) is 4.79 Å². The van der Waals surface area contributed by atoms with Gasteiger partial charge in [-0.15, -0.1) is 0 Å². The Morgan fingerprint density at radius 3 is 2.50 bits per heavy atom. The quantitative estimate of drug-likeness (QED) is 0.571. The van der Waals surface area contributed by atoms with E-state index in [-0.39, 0.29) is 23.6 Å². The van der Waals surface area contributed by atoms with E-state index in [1.807, 2.05) is 20.8 Å². The highest BCUT2D eigenvalue weighted by molar-refractivity contribution is 5.82. The summed E-state index contributed by atoms with van der Waals surface area (Å²) < 4.78 is 5.38. The Balaban J connectivity index is 1.61. The van der Waals surface area contributed by atoms with Crippen LogP contribution in [0, 0.1) is 16.0 Å². The van der Waals surface area contributed by atoms with Gasteiger partial charge < -0.3 is 14.5 Å². The number of benzene rings is 1. The molecule has 8 heteroatoms. The fourth-order valence-corrected chi connectivity index (χ4v) is 3.51. The monoisotopic (exact) mass is 387 g/mol. The standard InChI is InChI=1S/C20H25N3O5/c1-20(2,3)28-19(25)21-10-7-14(8-11-21)18(24)22-12-9-16-15(13-22)5-4-6-17(16)23(26)27/h4-6,9,12,14H,7-8,10-11,13H2,1-3H3. The van der Waals surface area contributed by atoms with Crippen molar-refractivity contribution >= 4 is 23.8 Å². The number of hydrogen-bond donors (Lipinski definition) is 0. The Bertz CT molecular complexity index is 820. The highest BCUT2D eigenvalue weighted by atomic mass is 16.6. The maximum atomic E-state index is 12.9. The second kappa shape index (κ2) is 7.61. The summed E-state index contributed by atoms with van der Waals surface area (Å²) in [5, 5.41) is 11.2. The summed E-state index contributed by atoms with van der Waals surface area (Å²) in [5.74, 6) is -0.194. The van der Waals surface area contributed by atoms with Crippen molar-refractivity contribution in [3.8, 4) is 0 Å². The molecule has 0 aromatic heterocycles. The minimum atomic E-state index is -0.543. The Morgan fingerprint density at radius 1 is 1.21 bits per heavy atom. The summed E-state index contributed by atoms with van der Waals surface area (Å²) in [6.07, 6.45) is 4.05. The van der Waals surface area contributed by atoms with E-state index in [1.54, 1.807) is 34.2 Å². The molecule has 0 radical (unpaired) electrons. The van der Waals surface area contributed by atoms with E-state index in [0.29, 0.717) is 38.0 Å².